The highest BCUT2D eigenvalue weighted by Crippen LogP contribution is 2.18. The number of halogens is 3. The lowest BCUT2D eigenvalue weighted by Gasteiger charge is -2.33. The molecular formula is C20H21F3N4O2. The molecule has 2 N–H and O–H groups in total. The van der Waals surface area contributed by atoms with E-state index in [-0.39, 0.29) is 19.0 Å². The second-order valence-corrected chi connectivity index (χ2v) is 6.76. The number of para-hydroxylation sites is 1. The Hall–Kier alpha value is -2.91. The van der Waals surface area contributed by atoms with Gasteiger partial charge in [-0.25, -0.2) is 13.2 Å². The van der Waals surface area contributed by atoms with Crippen molar-refractivity contribution in [2.75, 3.05) is 49.9 Å². The zero-order valence-electron chi connectivity index (χ0n) is 15.6. The summed E-state index contributed by atoms with van der Waals surface area (Å²) < 4.78 is 40.4. The van der Waals surface area contributed by atoms with Crippen molar-refractivity contribution in [3.8, 4) is 0 Å². The van der Waals surface area contributed by atoms with Gasteiger partial charge in [0, 0.05) is 31.9 Å². The van der Waals surface area contributed by atoms with E-state index in [4.69, 9.17) is 0 Å². The Morgan fingerprint density at radius 1 is 0.793 bits per heavy atom. The standard InChI is InChI=1S/C20H21F3N4O2/c21-14-3-1-4-15(11-14)24-18(28)12-26-7-9-27(10-8-26)13-19(29)25-20-16(22)5-2-6-17(20)23/h1-6,11H,7-10,12-13H2,(H,24,28)(H,25,29). The van der Waals surface area contributed by atoms with Crippen molar-refractivity contribution in [2.24, 2.45) is 0 Å². The molecule has 29 heavy (non-hydrogen) atoms. The van der Waals surface area contributed by atoms with Gasteiger partial charge in [0.1, 0.15) is 23.1 Å². The number of anilines is 2. The number of carbonyl (C=O) groups excluding carboxylic acids is 2. The van der Waals surface area contributed by atoms with Crippen molar-refractivity contribution in [3.05, 3.63) is 59.9 Å². The number of rotatable bonds is 6. The van der Waals surface area contributed by atoms with Gasteiger partial charge in [0.25, 0.3) is 0 Å². The molecule has 1 fully saturated rings. The fourth-order valence-electron chi connectivity index (χ4n) is 3.07. The monoisotopic (exact) mass is 406 g/mol. The molecule has 0 atom stereocenters. The quantitative estimate of drug-likeness (QED) is 0.773. The molecule has 2 aromatic rings. The van der Waals surface area contributed by atoms with E-state index >= 15 is 0 Å². The van der Waals surface area contributed by atoms with Crippen LogP contribution >= 0.6 is 0 Å². The summed E-state index contributed by atoms with van der Waals surface area (Å²) in [7, 11) is 0. The Bertz CT molecular complexity index is 866. The van der Waals surface area contributed by atoms with E-state index in [2.05, 4.69) is 10.6 Å². The van der Waals surface area contributed by atoms with Crippen molar-refractivity contribution in [1.82, 2.24) is 9.80 Å². The van der Waals surface area contributed by atoms with Gasteiger partial charge >= 0.3 is 0 Å². The summed E-state index contributed by atoms with van der Waals surface area (Å²) in [6.07, 6.45) is 0. The summed E-state index contributed by atoms with van der Waals surface area (Å²) in [5, 5.41) is 4.90. The first-order valence-corrected chi connectivity index (χ1v) is 9.15. The molecule has 6 nitrogen and oxygen atoms in total. The van der Waals surface area contributed by atoms with Crippen LogP contribution in [0.3, 0.4) is 0 Å². The molecule has 2 aromatic carbocycles. The van der Waals surface area contributed by atoms with Crippen LogP contribution in [0.4, 0.5) is 24.5 Å². The zero-order valence-corrected chi connectivity index (χ0v) is 15.6. The molecule has 0 radical (unpaired) electrons. The molecule has 0 bridgehead atoms. The van der Waals surface area contributed by atoms with Crippen LogP contribution in [0, 0.1) is 17.5 Å². The van der Waals surface area contributed by atoms with Gasteiger partial charge in [-0.3, -0.25) is 19.4 Å². The molecule has 154 valence electrons. The highest BCUT2D eigenvalue weighted by molar-refractivity contribution is 5.93. The van der Waals surface area contributed by atoms with E-state index in [0.717, 1.165) is 12.1 Å². The topological polar surface area (TPSA) is 64.7 Å². The second-order valence-electron chi connectivity index (χ2n) is 6.76. The van der Waals surface area contributed by atoms with Crippen molar-refractivity contribution in [2.45, 2.75) is 0 Å². The Morgan fingerprint density at radius 3 is 1.86 bits per heavy atom. The molecular weight excluding hydrogens is 385 g/mol. The molecule has 0 unspecified atom stereocenters. The van der Waals surface area contributed by atoms with Crippen molar-refractivity contribution < 1.29 is 22.8 Å². The number of benzene rings is 2. The molecule has 2 amide bonds. The van der Waals surface area contributed by atoms with Crippen LogP contribution in [0.25, 0.3) is 0 Å². The Balaban J connectivity index is 1.42. The van der Waals surface area contributed by atoms with Crippen LogP contribution < -0.4 is 10.6 Å². The van der Waals surface area contributed by atoms with E-state index in [1.165, 1.54) is 24.3 Å². The lowest BCUT2D eigenvalue weighted by molar-refractivity contribution is -0.120. The van der Waals surface area contributed by atoms with Gasteiger partial charge in [0.05, 0.1) is 13.1 Å². The summed E-state index contributed by atoms with van der Waals surface area (Å²) in [4.78, 5) is 27.9. The van der Waals surface area contributed by atoms with Crippen LogP contribution in [-0.4, -0.2) is 60.9 Å². The van der Waals surface area contributed by atoms with Crippen molar-refractivity contribution >= 4 is 23.2 Å². The summed E-state index contributed by atoms with van der Waals surface area (Å²) in [6.45, 7) is 2.31. The Morgan fingerprint density at radius 2 is 1.31 bits per heavy atom. The minimum Gasteiger partial charge on any atom is -0.325 e. The normalized spacial score (nSPS) is 15.1. The fraction of sp³-hybridized carbons (Fsp3) is 0.300. The summed E-state index contributed by atoms with van der Waals surface area (Å²) in [6, 6.07) is 9.04. The van der Waals surface area contributed by atoms with Gasteiger partial charge in [0.2, 0.25) is 11.8 Å². The average molecular weight is 406 g/mol. The van der Waals surface area contributed by atoms with Crippen LogP contribution in [0.15, 0.2) is 42.5 Å². The number of amides is 2. The number of nitrogens with zero attached hydrogens (tertiary/aromatic N) is 2. The smallest absolute Gasteiger partial charge is 0.238 e. The maximum atomic E-state index is 13.6. The van der Waals surface area contributed by atoms with E-state index in [1.54, 1.807) is 6.07 Å². The zero-order chi connectivity index (χ0) is 20.8. The van der Waals surface area contributed by atoms with Gasteiger partial charge in [0.15, 0.2) is 0 Å². The van der Waals surface area contributed by atoms with Gasteiger partial charge < -0.3 is 10.6 Å². The number of carbonyl (C=O) groups is 2. The van der Waals surface area contributed by atoms with E-state index < -0.39 is 29.0 Å². The number of nitrogens with one attached hydrogen (secondary N) is 2. The maximum Gasteiger partial charge on any atom is 0.238 e. The SMILES string of the molecule is O=C(CN1CCN(CC(=O)Nc2c(F)cccc2F)CC1)Nc1cccc(F)c1. The number of piperazine rings is 1. The van der Waals surface area contributed by atoms with Gasteiger partial charge in [-0.05, 0) is 30.3 Å². The summed E-state index contributed by atoms with van der Waals surface area (Å²) in [5.74, 6) is -2.84. The molecule has 1 aliphatic heterocycles. The molecule has 1 saturated heterocycles. The van der Waals surface area contributed by atoms with E-state index in [0.29, 0.717) is 31.9 Å². The molecule has 9 heteroatoms. The highest BCUT2D eigenvalue weighted by atomic mass is 19.1. The van der Waals surface area contributed by atoms with Crippen molar-refractivity contribution in [3.63, 3.8) is 0 Å². The highest BCUT2D eigenvalue weighted by Gasteiger charge is 2.21. The van der Waals surface area contributed by atoms with Crippen molar-refractivity contribution in [1.29, 1.82) is 0 Å². The Kier molecular flexibility index (Phi) is 6.84. The molecule has 1 heterocycles. The van der Waals surface area contributed by atoms with Crippen LogP contribution in [0.1, 0.15) is 0 Å². The first kappa shape index (κ1) is 20.8. The fourth-order valence-corrected chi connectivity index (χ4v) is 3.07. The van der Waals surface area contributed by atoms with Crippen LogP contribution in [0.5, 0.6) is 0 Å². The lowest BCUT2D eigenvalue weighted by atomic mass is 10.2. The molecule has 0 aliphatic carbocycles. The molecule has 1 aliphatic rings. The van der Waals surface area contributed by atoms with Gasteiger partial charge in [-0.15, -0.1) is 0 Å². The summed E-state index contributed by atoms with van der Waals surface area (Å²) >= 11 is 0. The number of hydrogen-bond acceptors (Lipinski definition) is 4. The van der Waals surface area contributed by atoms with Crippen LogP contribution in [0.2, 0.25) is 0 Å². The first-order valence-electron chi connectivity index (χ1n) is 9.15. The molecule has 3 rings (SSSR count). The second kappa shape index (κ2) is 9.53. The van der Waals surface area contributed by atoms with Crippen LogP contribution in [-0.2, 0) is 9.59 Å². The van der Waals surface area contributed by atoms with E-state index in [1.807, 2.05) is 9.80 Å². The summed E-state index contributed by atoms with van der Waals surface area (Å²) in [5.41, 5.74) is -0.0594. The molecule has 0 spiro atoms. The average Bonchev–Trinajstić information content (AvgIpc) is 2.66. The minimum atomic E-state index is -0.826. The van der Waals surface area contributed by atoms with Gasteiger partial charge in [-0.1, -0.05) is 12.1 Å². The minimum absolute atomic E-state index is 0.00287. The maximum absolute atomic E-state index is 13.6. The molecule has 0 aromatic heterocycles. The predicted molar refractivity (Wildman–Crippen MR) is 103 cm³/mol. The third-order valence-electron chi connectivity index (χ3n) is 4.53. The third kappa shape index (κ3) is 6.03. The lowest BCUT2D eigenvalue weighted by Crippen LogP contribution is -2.50. The predicted octanol–water partition coefficient (Wildman–Crippen LogP) is 2.30. The Labute approximate surface area is 166 Å². The van der Waals surface area contributed by atoms with Gasteiger partial charge in [-0.2, -0.15) is 0 Å². The van der Waals surface area contributed by atoms with E-state index in [9.17, 15) is 22.8 Å². The first-order chi connectivity index (χ1) is 13.9. The largest absolute Gasteiger partial charge is 0.325 e. The molecule has 0 saturated carbocycles. The third-order valence-corrected chi connectivity index (χ3v) is 4.53. The number of hydrogen-bond donors (Lipinski definition) is 2.